The summed E-state index contributed by atoms with van der Waals surface area (Å²) in [7, 11) is 0. The lowest BCUT2D eigenvalue weighted by Gasteiger charge is -2.43. The first kappa shape index (κ1) is 36.5. The second-order valence-corrected chi connectivity index (χ2v) is 13.0. The molecule has 1 aliphatic rings. The molecular weight excluding hydrogens is 500 g/mol. The highest BCUT2D eigenvalue weighted by Gasteiger charge is 2.36. The lowest BCUT2D eigenvalue weighted by atomic mass is 9.70. The first-order valence-corrected chi connectivity index (χ1v) is 16.7. The molecule has 2 unspecified atom stereocenters. The third kappa shape index (κ3) is 16.0. The molecule has 0 bridgehead atoms. The number of nitrogens with zero attached hydrogens (tertiary/aromatic N) is 3. The second-order valence-electron chi connectivity index (χ2n) is 13.0. The van der Waals surface area contributed by atoms with Crippen molar-refractivity contribution in [2.75, 3.05) is 59.0 Å². The minimum atomic E-state index is -0.197. The minimum absolute atomic E-state index is 0.0635. The molecule has 2 atom stereocenters. The molecule has 40 heavy (non-hydrogen) atoms. The number of hydrogen-bond acceptors (Lipinski definition) is 4. The van der Waals surface area contributed by atoms with E-state index < -0.39 is 0 Å². The van der Waals surface area contributed by atoms with E-state index >= 15 is 0 Å². The van der Waals surface area contributed by atoms with Gasteiger partial charge in [-0.15, -0.1) is 0 Å². The molecule has 3 N–H and O–H groups in total. The van der Waals surface area contributed by atoms with Crippen molar-refractivity contribution in [1.29, 1.82) is 0 Å². The van der Waals surface area contributed by atoms with E-state index in [9.17, 15) is 9.59 Å². The van der Waals surface area contributed by atoms with Crippen LogP contribution < -0.4 is 16.0 Å². The maximum atomic E-state index is 13.5. The zero-order valence-electron chi connectivity index (χ0n) is 27.5. The van der Waals surface area contributed by atoms with Crippen molar-refractivity contribution in [3.05, 3.63) is 0 Å². The van der Waals surface area contributed by atoms with Crippen molar-refractivity contribution in [2.45, 2.75) is 125 Å². The van der Waals surface area contributed by atoms with Crippen LogP contribution in [-0.4, -0.2) is 91.8 Å². The summed E-state index contributed by atoms with van der Waals surface area (Å²) in [5.41, 5.74) is 0.181. The predicted octanol–water partition coefficient (Wildman–Crippen LogP) is 6.27. The smallest absolute Gasteiger partial charge is 0.319 e. The predicted molar refractivity (Wildman–Crippen MR) is 170 cm³/mol. The number of rotatable bonds is 21. The number of hydrogen-bond donors (Lipinski definition) is 3. The number of nitrogens with one attached hydrogen (secondary N) is 3. The fourth-order valence-electron chi connectivity index (χ4n) is 6.07. The van der Waals surface area contributed by atoms with Crippen LogP contribution in [0.4, 0.5) is 9.59 Å². The molecule has 0 radical (unpaired) electrons. The minimum Gasteiger partial charge on any atom is -0.337 e. The molecule has 8 nitrogen and oxygen atoms in total. The van der Waals surface area contributed by atoms with Crippen LogP contribution >= 0.6 is 0 Å². The molecule has 236 valence electrons. The first-order valence-electron chi connectivity index (χ1n) is 16.7. The van der Waals surface area contributed by atoms with Gasteiger partial charge in [0.2, 0.25) is 0 Å². The molecule has 1 rings (SSSR count). The van der Waals surface area contributed by atoms with Crippen LogP contribution in [0.1, 0.15) is 119 Å². The van der Waals surface area contributed by atoms with Crippen LogP contribution in [0.25, 0.3) is 0 Å². The lowest BCUT2D eigenvalue weighted by molar-refractivity contribution is 0.0805. The molecule has 0 spiro atoms. The quantitative estimate of drug-likeness (QED) is 0.143. The summed E-state index contributed by atoms with van der Waals surface area (Å²) in [6.45, 7) is 23.3. The highest BCUT2D eigenvalue weighted by Crippen LogP contribution is 2.40. The maximum absolute atomic E-state index is 13.5. The molecule has 1 saturated carbocycles. The number of carbonyl (C=O) groups excluding carboxylic acids is 2. The highest BCUT2D eigenvalue weighted by atomic mass is 16.2. The van der Waals surface area contributed by atoms with Crippen LogP contribution in [0.15, 0.2) is 0 Å². The topological polar surface area (TPSA) is 80.0 Å². The van der Waals surface area contributed by atoms with Gasteiger partial charge in [-0.1, -0.05) is 74.1 Å². The standard InChI is InChI=1S/C32H66N6O2/c1-8-12-18-36(19-13-9-2)22-16-33-30(39)35-27-38(29-24-28(5)25-32(6,7)26-29)31(40)34-17-23-37(20-14-10-3)21-15-11-4/h28-29H,8-27H2,1-7H3,(H,34,40)(H2,33,35,39). The molecule has 0 aromatic rings. The van der Waals surface area contributed by atoms with E-state index in [1.54, 1.807) is 0 Å². The van der Waals surface area contributed by atoms with Gasteiger partial charge in [-0.2, -0.15) is 0 Å². The highest BCUT2D eigenvalue weighted by molar-refractivity contribution is 5.77. The van der Waals surface area contributed by atoms with Crippen molar-refractivity contribution in [1.82, 2.24) is 30.7 Å². The molecule has 1 fully saturated rings. The second kappa shape index (κ2) is 21.2. The van der Waals surface area contributed by atoms with Gasteiger partial charge in [0.1, 0.15) is 0 Å². The average Bonchev–Trinajstić information content (AvgIpc) is 2.90. The molecular formula is C32H66N6O2. The van der Waals surface area contributed by atoms with Gasteiger partial charge in [-0.25, -0.2) is 9.59 Å². The van der Waals surface area contributed by atoms with E-state index in [2.05, 4.69) is 74.2 Å². The molecule has 8 heteroatoms. The Morgan fingerprint density at radius 3 is 1.62 bits per heavy atom. The van der Waals surface area contributed by atoms with Gasteiger partial charge in [0, 0.05) is 32.2 Å². The molecule has 0 heterocycles. The largest absolute Gasteiger partial charge is 0.337 e. The summed E-state index contributed by atoms with van der Waals surface area (Å²) in [6, 6.07) is -0.141. The summed E-state index contributed by atoms with van der Waals surface area (Å²) in [5.74, 6) is 0.550. The molecule has 1 aliphatic carbocycles. The van der Waals surface area contributed by atoms with Crippen molar-refractivity contribution >= 4 is 12.1 Å². The molecule has 0 aromatic heterocycles. The van der Waals surface area contributed by atoms with Gasteiger partial charge in [-0.3, -0.25) is 0 Å². The average molecular weight is 567 g/mol. The number of amides is 4. The Morgan fingerprint density at radius 2 is 1.18 bits per heavy atom. The first-order chi connectivity index (χ1) is 19.1. The fraction of sp³-hybridized carbons (Fsp3) is 0.938. The Labute approximate surface area is 247 Å². The summed E-state index contributed by atoms with van der Waals surface area (Å²) < 4.78 is 0. The Hall–Kier alpha value is -1.54. The van der Waals surface area contributed by atoms with Crippen molar-refractivity contribution in [3.8, 4) is 0 Å². The number of carbonyl (C=O) groups is 2. The van der Waals surface area contributed by atoms with Crippen LogP contribution in [0.2, 0.25) is 0 Å². The third-order valence-electron chi connectivity index (χ3n) is 8.20. The number of urea groups is 2. The van der Waals surface area contributed by atoms with E-state index in [1.165, 1.54) is 57.8 Å². The fourth-order valence-corrected chi connectivity index (χ4v) is 6.07. The zero-order valence-corrected chi connectivity index (χ0v) is 27.5. The summed E-state index contributed by atoms with van der Waals surface area (Å²) in [5, 5.41) is 9.23. The lowest BCUT2D eigenvalue weighted by Crippen LogP contribution is -2.55. The van der Waals surface area contributed by atoms with Crippen LogP contribution in [-0.2, 0) is 0 Å². The summed E-state index contributed by atoms with van der Waals surface area (Å²) >= 11 is 0. The zero-order chi connectivity index (χ0) is 29.8. The normalized spacial score (nSPS) is 18.6. The summed E-state index contributed by atoms with van der Waals surface area (Å²) in [4.78, 5) is 33.1. The van der Waals surface area contributed by atoms with E-state index in [4.69, 9.17) is 0 Å². The van der Waals surface area contributed by atoms with E-state index in [-0.39, 0.29) is 30.2 Å². The molecule has 0 aromatic carbocycles. The monoisotopic (exact) mass is 567 g/mol. The van der Waals surface area contributed by atoms with Crippen molar-refractivity contribution in [2.24, 2.45) is 11.3 Å². The van der Waals surface area contributed by atoms with Crippen LogP contribution in [0.5, 0.6) is 0 Å². The van der Waals surface area contributed by atoms with E-state index in [1.807, 2.05) is 4.90 Å². The van der Waals surface area contributed by atoms with Crippen LogP contribution in [0.3, 0.4) is 0 Å². The Morgan fingerprint density at radius 1 is 0.700 bits per heavy atom. The van der Waals surface area contributed by atoms with E-state index in [0.29, 0.717) is 19.0 Å². The van der Waals surface area contributed by atoms with Gasteiger partial charge in [0.15, 0.2) is 0 Å². The van der Waals surface area contributed by atoms with Crippen molar-refractivity contribution < 1.29 is 9.59 Å². The Bertz CT molecular complexity index is 658. The summed E-state index contributed by atoms with van der Waals surface area (Å²) in [6.07, 6.45) is 12.6. The maximum Gasteiger partial charge on any atom is 0.319 e. The molecule has 4 amide bonds. The molecule has 0 saturated heterocycles. The number of unbranched alkanes of at least 4 members (excludes halogenated alkanes) is 4. The van der Waals surface area contributed by atoms with Crippen molar-refractivity contribution in [3.63, 3.8) is 0 Å². The van der Waals surface area contributed by atoms with Gasteiger partial charge in [0.25, 0.3) is 0 Å². The Kier molecular flexibility index (Phi) is 19.3. The van der Waals surface area contributed by atoms with Crippen LogP contribution in [0, 0.1) is 11.3 Å². The SMILES string of the molecule is CCCCN(CCCC)CCNC(=O)NCN(C(=O)NCCN(CCCC)CCCC)C1CC(C)CC(C)(C)C1. The van der Waals surface area contributed by atoms with Gasteiger partial charge in [-0.05, 0) is 82.5 Å². The molecule has 0 aliphatic heterocycles. The van der Waals surface area contributed by atoms with Gasteiger partial charge < -0.3 is 30.7 Å². The Balaban J connectivity index is 2.71. The third-order valence-corrected chi connectivity index (χ3v) is 8.20. The van der Waals surface area contributed by atoms with Gasteiger partial charge >= 0.3 is 12.1 Å². The van der Waals surface area contributed by atoms with E-state index in [0.717, 1.165) is 52.1 Å². The van der Waals surface area contributed by atoms with Gasteiger partial charge in [0.05, 0.1) is 6.67 Å².